The molecule has 4 saturated heterocycles. The molecular weight excluding hydrogens is 1470 g/mol. The van der Waals surface area contributed by atoms with Gasteiger partial charge in [0.1, 0.15) is 40.7 Å². The van der Waals surface area contributed by atoms with Crippen molar-refractivity contribution in [2.75, 3.05) is 60.7 Å². The van der Waals surface area contributed by atoms with E-state index >= 15 is 0 Å². The molecule has 476 valence electrons. The van der Waals surface area contributed by atoms with E-state index < -0.39 is 11.6 Å². The summed E-state index contributed by atoms with van der Waals surface area (Å²) in [5, 5.41) is 18.1. The number of carbonyl (C=O) groups is 6. The van der Waals surface area contributed by atoms with E-state index in [9.17, 15) is 28.8 Å². The topological polar surface area (TPSA) is 307 Å². The number of aliphatic carboxylic acids is 1. The van der Waals surface area contributed by atoms with Gasteiger partial charge in [-0.05, 0) is 200 Å². The maximum atomic E-state index is 12.2. The van der Waals surface area contributed by atoms with E-state index in [1.165, 1.54) is 19.3 Å². The monoisotopic (exact) mass is 1540 g/mol. The van der Waals surface area contributed by atoms with Crippen LogP contribution in [0.3, 0.4) is 0 Å². The van der Waals surface area contributed by atoms with Gasteiger partial charge in [0.25, 0.3) is 0 Å². The predicted molar refractivity (Wildman–Crippen MR) is 359 cm³/mol. The summed E-state index contributed by atoms with van der Waals surface area (Å²) in [6.07, 6.45) is 21.7. The molecule has 0 saturated carbocycles. The number of hydrogen-bond acceptors (Lipinski definition) is 19. The van der Waals surface area contributed by atoms with Crippen molar-refractivity contribution in [1.29, 1.82) is 0 Å². The largest absolute Gasteiger partial charge is 0.478 e. The molecule has 12 rings (SSSR count). The zero-order valence-electron chi connectivity index (χ0n) is 49.7. The normalized spacial score (nSPS) is 20.2. The lowest BCUT2D eigenvalue weighted by Gasteiger charge is -2.22. The van der Waals surface area contributed by atoms with Gasteiger partial charge in [0.15, 0.2) is 0 Å². The molecule has 5 aromatic rings. The fourth-order valence-corrected chi connectivity index (χ4v) is 12.7. The maximum absolute atomic E-state index is 12.2. The van der Waals surface area contributed by atoms with Gasteiger partial charge in [0.05, 0.1) is 25.2 Å². The van der Waals surface area contributed by atoms with Crippen LogP contribution in [-0.4, -0.2) is 148 Å². The van der Waals surface area contributed by atoms with Crippen molar-refractivity contribution in [3.05, 3.63) is 126 Å². The number of carbonyl (C=O) groups excluding carboxylic acids is 5. The molecule has 12 heterocycles. The molecule has 3 amide bonds. The minimum atomic E-state index is -0.993. The quantitative estimate of drug-likeness (QED) is 0.0478. The van der Waals surface area contributed by atoms with Gasteiger partial charge in [-0.2, -0.15) is 0 Å². The van der Waals surface area contributed by atoms with Crippen LogP contribution in [0.5, 0.6) is 0 Å². The first-order valence-corrected chi connectivity index (χ1v) is 32.3. The van der Waals surface area contributed by atoms with E-state index in [2.05, 4.69) is 124 Å². The van der Waals surface area contributed by atoms with Crippen LogP contribution in [0.2, 0.25) is 0 Å². The lowest BCUT2D eigenvalue weighted by atomic mass is 10.1. The van der Waals surface area contributed by atoms with Crippen LogP contribution >= 0.6 is 80.7 Å². The molecule has 4 fully saturated rings. The van der Waals surface area contributed by atoms with E-state index in [1.54, 1.807) is 37.1 Å². The van der Waals surface area contributed by atoms with Gasteiger partial charge in [-0.3, -0.25) is 38.8 Å². The molecule has 0 bridgehead atoms. The molecule has 4 atom stereocenters. The third-order valence-corrected chi connectivity index (χ3v) is 17.2. The Kier molecular flexibility index (Phi) is 25.9. The molecule has 5 aromatic heterocycles. The van der Waals surface area contributed by atoms with Gasteiger partial charge < -0.3 is 42.0 Å². The Labute approximate surface area is 561 Å². The number of hydrogen-bond donors (Lipinski definition) is 6. The molecule has 7 aliphatic heterocycles. The number of aromatic nitrogens is 5. The van der Waals surface area contributed by atoms with E-state index in [-0.39, 0.29) is 70.8 Å². The summed E-state index contributed by atoms with van der Waals surface area (Å²) >= 11 is 13.4. The van der Waals surface area contributed by atoms with Crippen LogP contribution < -0.4 is 27.4 Å². The molecule has 0 spiro atoms. The second-order valence-electron chi connectivity index (χ2n) is 22.8. The zero-order valence-corrected chi connectivity index (χ0v) is 57.8. The van der Waals surface area contributed by atoms with Gasteiger partial charge in [0.2, 0.25) is 17.7 Å². The van der Waals surface area contributed by atoms with Crippen molar-refractivity contribution in [2.45, 2.75) is 133 Å². The van der Waals surface area contributed by atoms with Crippen LogP contribution in [0.25, 0.3) is 12.2 Å². The number of nitrogens with one attached hydrogen (secondary N) is 3. The van der Waals surface area contributed by atoms with Gasteiger partial charge in [-0.25, -0.2) is 34.5 Å². The fourth-order valence-electron chi connectivity index (χ4n) is 11.1. The van der Waals surface area contributed by atoms with Crippen LogP contribution in [0.4, 0.5) is 29.1 Å². The van der Waals surface area contributed by atoms with Crippen LogP contribution in [0.15, 0.2) is 86.9 Å². The number of rotatable bonds is 8. The summed E-state index contributed by atoms with van der Waals surface area (Å²) in [6, 6.07) is 9.51. The van der Waals surface area contributed by atoms with Gasteiger partial charge in [-0.1, -0.05) is 15.9 Å². The summed E-state index contributed by atoms with van der Waals surface area (Å²) in [4.78, 5) is 99.7. The van der Waals surface area contributed by atoms with E-state index in [4.69, 9.17) is 26.0 Å². The average molecular weight is 1550 g/mol. The molecule has 28 heteroatoms. The molecule has 7 aliphatic rings. The lowest BCUT2D eigenvalue weighted by molar-refractivity contribution is -0.148. The summed E-state index contributed by atoms with van der Waals surface area (Å²) in [7, 11) is 1.42. The van der Waals surface area contributed by atoms with Crippen LogP contribution in [0, 0.1) is 0 Å². The third kappa shape index (κ3) is 19.9. The first-order chi connectivity index (χ1) is 42.0. The number of carboxylic acid groups (broad SMARTS) is 1. The number of esters is 2. The number of anilines is 5. The standard InChI is InChI=1S/C18H23N3O3.C14H15N3O3.C12H16BrN3O2.C11H12BrN3O.C6H6Br2N2.BrH/c1-18(2,3)24-15(22)7-6-12-9-13-11-21-8-4-5-14(21)17(23)20-16(13)19-10-12;18-12(19)4-3-9-6-10-8-17-5-1-2-11(17)14(20)16-13(10)15-7-9;1-18-12(17)10-3-2-4-16(10)7-8-5-9(13)6-15-11(8)14;12-8-4-7-6-15-3-1-2-9(15)11(16)14-10(7)13-5-8;7-2-4-1-5(8)3-10-6(4)9;/h6-7,9-10,14H,4-5,8,11H2,1-3H3,(H,19,20,23);3-4,6-7,11H,1-2,5,8H2,(H,18,19)(H,15,16,20);5-6,10H,2-4,7H2,1H3,(H2,14,15);4-5,9H,1-3,6H2,(H,13,14,16);1,3H,2H2,(H2,9,10);1H/b7-6+;4-3+;;;;/t14-;11-;10-;9-;;/m1111../s1. The Balaban J connectivity index is 0.000000161. The summed E-state index contributed by atoms with van der Waals surface area (Å²) in [6.45, 7) is 12.0. The van der Waals surface area contributed by atoms with Gasteiger partial charge in [-0.15, -0.1) is 17.0 Å². The Morgan fingerprint density at radius 2 is 1.03 bits per heavy atom. The van der Waals surface area contributed by atoms with E-state index in [0.717, 1.165) is 148 Å². The minimum Gasteiger partial charge on any atom is -0.478 e. The highest BCUT2D eigenvalue weighted by atomic mass is 79.9. The number of likely N-dealkylation sites (tertiary alicyclic amines) is 1. The smallest absolute Gasteiger partial charge is 0.331 e. The number of carboxylic acids is 1. The number of nitrogens with two attached hydrogens (primary N) is 2. The van der Waals surface area contributed by atoms with Crippen LogP contribution in [0.1, 0.15) is 111 Å². The second kappa shape index (κ2) is 32.8. The van der Waals surface area contributed by atoms with E-state index in [1.807, 2.05) is 51.1 Å². The molecule has 89 heavy (non-hydrogen) atoms. The molecule has 0 radical (unpaired) electrons. The zero-order chi connectivity index (χ0) is 63.2. The number of nitrogens with zero attached hydrogens (tertiary/aromatic N) is 9. The molecule has 0 aromatic carbocycles. The van der Waals surface area contributed by atoms with Crippen molar-refractivity contribution >= 4 is 158 Å². The van der Waals surface area contributed by atoms with Crippen molar-refractivity contribution in [3.8, 4) is 0 Å². The highest BCUT2D eigenvalue weighted by molar-refractivity contribution is 9.11. The Morgan fingerprint density at radius 1 is 0.618 bits per heavy atom. The number of methoxy groups -OCH3 is 1. The van der Waals surface area contributed by atoms with Crippen molar-refractivity contribution in [1.82, 2.24) is 44.5 Å². The van der Waals surface area contributed by atoms with Crippen molar-refractivity contribution in [3.63, 3.8) is 0 Å². The Morgan fingerprint density at radius 3 is 1.48 bits per heavy atom. The second-order valence-corrected chi connectivity index (χ2v) is 26.1. The number of amides is 3. The third-order valence-electron chi connectivity index (χ3n) is 15.3. The number of fused-ring (bicyclic) bond motifs is 6. The van der Waals surface area contributed by atoms with Crippen molar-refractivity contribution < 1.29 is 43.3 Å². The minimum absolute atomic E-state index is 0. The Bertz CT molecular complexity index is 3450. The highest BCUT2D eigenvalue weighted by Gasteiger charge is 2.37. The van der Waals surface area contributed by atoms with Gasteiger partial charge in [0, 0.05) is 116 Å². The van der Waals surface area contributed by atoms with Crippen molar-refractivity contribution in [2.24, 2.45) is 0 Å². The SMILES string of the molecule is Br.CC(C)(C)OC(=O)/C=C/c1cnc2c(c1)CN1CCC[C@@H]1C(=O)N2.COC(=O)[C@H]1CCCN1Cc1cc(Br)cnc1N.Nc1ncc(Br)cc1CBr.O=C(O)/C=C/c1cnc2c(c1)CN1CCC[C@@H]1C(=O)N2.O=C1Nc2ncc(Br)cc2CN2CCC[C@H]12. The lowest BCUT2D eigenvalue weighted by Crippen LogP contribution is -2.36. The number of nitrogen functional groups attached to an aromatic ring is 2. The first-order valence-electron chi connectivity index (χ1n) is 28.8. The predicted octanol–water partition coefficient (Wildman–Crippen LogP) is 9.67. The molecule has 8 N–H and O–H groups in total. The number of pyridine rings is 5. The molecule has 23 nitrogen and oxygen atoms in total. The molecule has 0 unspecified atom stereocenters. The maximum Gasteiger partial charge on any atom is 0.331 e. The summed E-state index contributed by atoms with van der Waals surface area (Å²) < 4.78 is 12.9. The average Bonchev–Trinajstić information content (AvgIpc) is 1.84. The number of halogens is 5. The highest BCUT2D eigenvalue weighted by Crippen LogP contribution is 2.32. The summed E-state index contributed by atoms with van der Waals surface area (Å²) in [5.41, 5.74) is 17.3. The van der Waals surface area contributed by atoms with Gasteiger partial charge >= 0.3 is 17.9 Å². The number of ether oxygens (including phenoxy) is 2. The first kappa shape index (κ1) is 70.3. The van der Waals surface area contributed by atoms with Crippen LogP contribution in [-0.2, 0) is 69.8 Å². The Hall–Kier alpha value is -6.11. The fraction of sp³-hybridized carbons (Fsp3) is 0.426. The summed E-state index contributed by atoms with van der Waals surface area (Å²) in [5.74, 6) is 1.56. The van der Waals surface area contributed by atoms with E-state index in [0.29, 0.717) is 48.7 Å². The molecule has 0 aliphatic carbocycles. The molecular formula is C61H73Br5N14O9. The number of alkyl halides is 1.